The molecule has 0 saturated heterocycles. The van der Waals surface area contributed by atoms with E-state index in [4.69, 9.17) is 0 Å². The molecule has 3 aromatic rings. The largest absolute Gasteiger partial charge is 0.220 e. The molecular formula is C30H40N+. The van der Waals surface area contributed by atoms with Crippen LogP contribution >= 0.6 is 0 Å². The highest BCUT2D eigenvalue weighted by molar-refractivity contribution is 5.94. The molecule has 1 saturated carbocycles. The van der Waals surface area contributed by atoms with Crippen molar-refractivity contribution in [2.45, 2.75) is 85.5 Å². The lowest BCUT2D eigenvalue weighted by atomic mass is 9.71. The fourth-order valence-electron chi connectivity index (χ4n) is 5.25. The average Bonchev–Trinajstić information content (AvgIpc) is 2.69. The molecule has 0 unspecified atom stereocenters. The van der Waals surface area contributed by atoms with Gasteiger partial charge in [-0.2, -0.15) is 0 Å². The Bertz CT molecular complexity index is 1120. The first-order valence-corrected chi connectivity index (χ1v) is 12.0. The first kappa shape index (κ1) is 22.1. The van der Waals surface area contributed by atoms with E-state index in [0.29, 0.717) is 11.3 Å². The lowest BCUT2D eigenvalue weighted by molar-refractivity contribution is -0.659. The van der Waals surface area contributed by atoms with Gasteiger partial charge < -0.3 is 0 Å². The number of benzene rings is 2. The van der Waals surface area contributed by atoms with Gasteiger partial charge in [-0.1, -0.05) is 52.8 Å². The first-order valence-electron chi connectivity index (χ1n) is 12.0. The van der Waals surface area contributed by atoms with E-state index >= 15 is 0 Å². The van der Waals surface area contributed by atoms with Gasteiger partial charge in [0.25, 0.3) is 0 Å². The summed E-state index contributed by atoms with van der Waals surface area (Å²) in [5.74, 6) is 0.711. The van der Waals surface area contributed by atoms with Gasteiger partial charge in [-0.3, -0.25) is 0 Å². The van der Waals surface area contributed by atoms with E-state index in [1.54, 1.807) is 0 Å². The zero-order valence-corrected chi connectivity index (χ0v) is 20.9. The Morgan fingerprint density at radius 3 is 2.26 bits per heavy atom. The Kier molecular flexibility index (Phi) is 5.53. The topological polar surface area (TPSA) is 3.88 Å². The number of hydrogen-bond donors (Lipinski definition) is 0. The van der Waals surface area contributed by atoms with E-state index in [1.807, 2.05) is 0 Å². The first-order chi connectivity index (χ1) is 14.5. The van der Waals surface area contributed by atoms with Crippen LogP contribution in [0.3, 0.4) is 0 Å². The van der Waals surface area contributed by atoms with Crippen molar-refractivity contribution in [3.8, 4) is 11.3 Å². The maximum absolute atomic E-state index is 2.47. The van der Waals surface area contributed by atoms with E-state index in [-0.39, 0.29) is 5.41 Å². The molecule has 0 bridgehead atoms. The summed E-state index contributed by atoms with van der Waals surface area (Å²) in [5, 5.41) is 2.73. The van der Waals surface area contributed by atoms with Gasteiger partial charge in [0.1, 0.15) is 7.05 Å². The Labute approximate surface area is 189 Å². The Morgan fingerprint density at radius 2 is 1.61 bits per heavy atom. The van der Waals surface area contributed by atoms with E-state index in [9.17, 15) is 0 Å². The fourth-order valence-corrected chi connectivity index (χ4v) is 5.25. The summed E-state index contributed by atoms with van der Waals surface area (Å²) in [7, 11) is 2.18. The molecule has 1 nitrogen and oxygen atoms in total. The van der Waals surface area contributed by atoms with Crippen molar-refractivity contribution in [3.05, 3.63) is 64.8 Å². The highest BCUT2D eigenvalue weighted by atomic mass is 14.9. The third-order valence-electron chi connectivity index (χ3n) is 7.76. The highest BCUT2D eigenvalue weighted by Crippen LogP contribution is 2.43. The summed E-state index contributed by atoms with van der Waals surface area (Å²) in [6.07, 6.45) is 7.55. The molecular weight excluding hydrogens is 374 g/mol. The van der Waals surface area contributed by atoms with E-state index in [2.05, 4.69) is 103 Å². The molecule has 164 valence electrons. The van der Waals surface area contributed by atoms with Crippen LogP contribution in [0.5, 0.6) is 0 Å². The van der Waals surface area contributed by atoms with Crippen LogP contribution in [0.15, 0.2) is 42.6 Å². The van der Waals surface area contributed by atoms with Gasteiger partial charge in [-0.25, -0.2) is 4.57 Å². The van der Waals surface area contributed by atoms with Crippen LogP contribution in [0.1, 0.15) is 88.5 Å². The summed E-state index contributed by atoms with van der Waals surface area (Å²) < 4.78 is 2.30. The Balaban J connectivity index is 1.83. The maximum atomic E-state index is 2.47. The Hall–Kier alpha value is -2.15. The second kappa shape index (κ2) is 7.76. The van der Waals surface area contributed by atoms with E-state index in [1.165, 1.54) is 70.0 Å². The third-order valence-corrected chi connectivity index (χ3v) is 7.76. The second-order valence-corrected chi connectivity index (χ2v) is 11.8. The van der Waals surface area contributed by atoms with Gasteiger partial charge in [-0.15, -0.1) is 0 Å². The molecule has 4 rings (SSSR count). The molecule has 0 atom stereocenters. The molecule has 1 fully saturated rings. The number of aryl methyl sites for hydroxylation is 2. The van der Waals surface area contributed by atoms with E-state index < -0.39 is 0 Å². The molecule has 0 aliphatic heterocycles. The van der Waals surface area contributed by atoms with Crippen molar-refractivity contribution in [2.75, 3.05) is 0 Å². The molecule has 0 radical (unpaired) electrons. The van der Waals surface area contributed by atoms with Crippen LogP contribution in [0.4, 0.5) is 0 Å². The molecule has 1 heteroatoms. The predicted octanol–water partition coefficient (Wildman–Crippen LogP) is 7.93. The summed E-state index contributed by atoms with van der Waals surface area (Å²) in [4.78, 5) is 0. The minimum atomic E-state index is 0.137. The lowest BCUT2D eigenvalue weighted by Gasteiger charge is -2.34. The number of rotatable bonds is 2. The summed E-state index contributed by atoms with van der Waals surface area (Å²) in [6.45, 7) is 16.3. The molecule has 2 aromatic carbocycles. The van der Waals surface area contributed by atoms with Gasteiger partial charge in [0.2, 0.25) is 5.69 Å². The third kappa shape index (κ3) is 4.29. The van der Waals surface area contributed by atoms with Crippen LogP contribution in [0, 0.1) is 19.3 Å². The fraction of sp³-hybridized carbons (Fsp3) is 0.500. The standard InChI is InChI=1S/C30H40N/c1-20-17-25(29(3,4)5)19-27(21(20)2)28-26-10-9-23(18-24(26)13-16-31(28)8)22-11-14-30(6,7)15-12-22/h9-10,13,16-19,22H,11-12,14-15H2,1-8H3/q+1. The SMILES string of the molecule is Cc1cc(C(C)(C)C)cc(-c2c3ccc(C4CCC(C)(C)CC4)cc3cc[n+]2C)c1C. The zero-order valence-electron chi connectivity index (χ0n) is 20.9. The van der Waals surface area contributed by atoms with Gasteiger partial charge in [-0.05, 0) is 96.1 Å². The molecule has 0 spiro atoms. The van der Waals surface area contributed by atoms with Crippen molar-refractivity contribution >= 4 is 10.8 Å². The van der Waals surface area contributed by atoms with Gasteiger partial charge in [0, 0.05) is 6.07 Å². The average molecular weight is 415 g/mol. The van der Waals surface area contributed by atoms with Gasteiger partial charge in [0.15, 0.2) is 6.20 Å². The van der Waals surface area contributed by atoms with Crippen LogP contribution in [0.2, 0.25) is 0 Å². The molecule has 31 heavy (non-hydrogen) atoms. The number of pyridine rings is 1. The monoisotopic (exact) mass is 414 g/mol. The van der Waals surface area contributed by atoms with Gasteiger partial charge >= 0.3 is 0 Å². The number of aromatic nitrogens is 1. The maximum Gasteiger partial charge on any atom is 0.220 e. The van der Waals surface area contributed by atoms with E-state index in [0.717, 1.165) is 0 Å². The lowest BCUT2D eigenvalue weighted by Crippen LogP contribution is -2.31. The minimum Gasteiger partial charge on any atom is -0.200 e. The zero-order chi connectivity index (χ0) is 22.6. The van der Waals surface area contributed by atoms with Crippen LogP contribution in [-0.4, -0.2) is 0 Å². The number of nitrogens with zero attached hydrogens (tertiary/aromatic N) is 1. The number of hydrogen-bond acceptors (Lipinski definition) is 0. The van der Waals surface area contributed by atoms with Crippen molar-refractivity contribution in [3.63, 3.8) is 0 Å². The van der Waals surface area contributed by atoms with Gasteiger partial charge in [0.05, 0.1) is 10.9 Å². The normalized spacial score (nSPS) is 17.3. The second-order valence-electron chi connectivity index (χ2n) is 11.8. The molecule has 1 aromatic heterocycles. The van der Waals surface area contributed by atoms with Crippen molar-refractivity contribution in [1.82, 2.24) is 0 Å². The molecule has 1 aliphatic rings. The minimum absolute atomic E-state index is 0.137. The predicted molar refractivity (Wildman–Crippen MR) is 134 cm³/mol. The van der Waals surface area contributed by atoms with Crippen LogP contribution in [-0.2, 0) is 12.5 Å². The highest BCUT2D eigenvalue weighted by Gasteiger charge is 2.28. The smallest absolute Gasteiger partial charge is 0.200 e. The quantitative estimate of drug-likeness (QED) is 0.375. The molecule has 0 N–H and O–H groups in total. The Morgan fingerprint density at radius 1 is 0.935 bits per heavy atom. The molecule has 0 amide bonds. The van der Waals surface area contributed by atoms with Crippen LogP contribution < -0.4 is 4.57 Å². The van der Waals surface area contributed by atoms with Crippen LogP contribution in [0.25, 0.3) is 22.0 Å². The van der Waals surface area contributed by atoms with Crippen molar-refractivity contribution in [1.29, 1.82) is 0 Å². The molecule has 1 aliphatic carbocycles. The molecule has 1 heterocycles. The summed E-state index contributed by atoms with van der Waals surface area (Å²) >= 11 is 0. The van der Waals surface area contributed by atoms with Crippen molar-refractivity contribution < 1.29 is 4.57 Å². The number of fused-ring (bicyclic) bond motifs is 1. The van der Waals surface area contributed by atoms with Crippen molar-refractivity contribution in [2.24, 2.45) is 12.5 Å². The summed E-state index contributed by atoms with van der Waals surface area (Å²) in [6, 6.07) is 14.4. The summed E-state index contributed by atoms with van der Waals surface area (Å²) in [5.41, 5.74) is 9.05.